The molecule has 0 spiro atoms. The van der Waals surface area contributed by atoms with Crippen LogP contribution >= 0.6 is 0 Å². The Morgan fingerprint density at radius 3 is 2.61 bits per heavy atom. The highest BCUT2D eigenvalue weighted by Gasteiger charge is 2.46. The van der Waals surface area contributed by atoms with Crippen LogP contribution in [0, 0.1) is 0 Å². The van der Waals surface area contributed by atoms with Crippen molar-refractivity contribution in [2.75, 3.05) is 13.7 Å². The Labute approximate surface area is 138 Å². The minimum Gasteiger partial charge on any atom is -0.497 e. The molecule has 0 radical (unpaired) electrons. The second-order valence-electron chi connectivity index (χ2n) is 6.95. The lowest BCUT2D eigenvalue weighted by atomic mass is 10.0. The fraction of sp³-hybridized carbons (Fsp3) is 0.647. The van der Waals surface area contributed by atoms with Gasteiger partial charge in [0.15, 0.2) is 0 Å². The molecule has 2 saturated carbocycles. The first kappa shape index (κ1) is 15.4. The van der Waals surface area contributed by atoms with Gasteiger partial charge in [0.1, 0.15) is 5.75 Å². The second-order valence-corrected chi connectivity index (χ2v) is 8.94. The molecule has 0 amide bonds. The van der Waals surface area contributed by atoms with Crippen LogP contribution in [0.15, 0.2) is 24.3 Å². The largest absolute Gasteiger partial charge is 0.497 e. The molecule has 2 atom stereocenters. The summed E-state index contributed by atoms with van der Waals surface area (Å²) in [6.07, 6.45) is 4.94. The Kier molecular flexibility index (Phi) is 3.86. The molecule has 0 unspecified atom stereocenters. The van der Waals surface area contributed by atoms with Crippen LogP contribution in [-0.4, -0.2) is 44.3 Å². The summed E-state index contributed by atoms with van der Waals surface area (Å²) in [7, 11) is -1.50. The number of likely N-dealkylation sites (tertiary alicyclic amines) is 1. The molecule has 4 rings (SSSR count). The number of hydrogen-bond acceptors (Lipinski definition) is 4. The molecule has 6 heteroatoms. The van der Waals surface area contributed by atoms with Gasteiger partial charge in [-0.15, -0.1) is 0 Å². The lowest BCUT2D eigenvalue weighted by Crippen LogP contribution is -2.41. The highest BCUT2D eigenvalue weighted by atomic mass is 32.2. The first-order valence-corrected chi connectivity index (χ1v) is 10.0. The van der Waals surface area contributed by atoms with Gasteiger partial charge in [-0.25, -0.2) is 13.1 Å². The number of benzene rings is 1. The first-order chi connectivity index (χ1) is 11.1. The van der Waals surface area contributed by atoms with Crippen molar-refractivity contribution < 1.29 is 13.2 Å². The van der Waals surface area contributed by atoms with E-state index in [2.05, 4.69) is 15.7 Å². The monoisotopic (exact) mass is 336 g/mol. The van der Waals surface area contributed by atoms with Gasteiger partial charge < -0.3 is 4.74 Å². The van der Waals surface area contributed by atoms with Gasteiger partial charge >= 0.3 is 0 Å². The molecule has 1 heterocycles. The molecule has 3 fully saturated rings. The molecule has 23 heavy (non-hydrogen) atoms. The quantitative estimate of drug-likeness (QED) is 0.864. The van der Waals surface area contributed by atoms with Crippen LogP contribution in [0.4, 0.5) is 0 Å². The van der Waals surface area contributed by atoms with Gasteiger partial charge in [0.2, 0.25) is 10.0 Å². The molecule has 1 N–H and O–H groups in total. The third-order valence-corrected chi connectivity index (χ3v) is 7.15. The fourth-order valence-electron chi connectivity index (χ4n) is 3.69. The number of hydrogen-bond donors (Lipinski definition) is 1. The van der Waals surface area contributed by atoms with Crippen molar-refractivity contribution in [3.05, 3.63) is 29.8 Å². The summed E-state index contributed by atoms with van der Waals surface area (Å²) in [5, 5.41) is -0.163. The van der Waals surface area contributed by atoms with Crippen LogP contribution in [0.25, 0.3) is 0 Å². The Bertz CT molecular complexity index is 683. The highest BCUT2D eigenvalue weighted by molar-refractivity contribution is 7.90. The minimum absolute atomic E-state index is 0.0340. The predicted molar refractivity (Wildman–Crippen MR) is 88.9 cm³/mol. The third-order valence-electron chi connectivity index (χ3n) is 5.17. The van der Waals surface area contributed by atoms with Crippen LogP contribution in [0.1, 0.15) is 43.7 Å². The van der Waals surface area contributed by atoms with Gasteiger partial charge in [-0.3, -0.25) is 4.90 Å². The fourth-order valence-corrected chi connectivity index (χ4v) is 5.31. The summed E-state index contributed by atoms with van der Waals surface area (Å²) in [5.74, 6) is 0.828. The summed E-state index contributed by atoms with van der Waals surface area (Å²) in [4.78, 5) is 2.48. The van der Waals surface area contributed by atoms with E-state index >= 15 is 0 Å². The SMILES string of the molecule is COc1cccc([C@@H]2[C@@H](NS(=O)(=O)C3CC3)CCN2C2CC2)c1. The molecule has 2 aliphatic carbocycles. The van der Waals surface area contributed by atoms with E-state index in [0.29, 0.717) is 6.04 Å². The van der Waals surface area contributed by atoms with E-state index in [1.54, 1.807) is 7.11 Å². The maximum atomic E-state index is 12.4. The van der Waals surface area contributed by atoms with Crippen molar-refractivity contribution >= 4 is 10.0 Å². The number of sulfonamides is 1. The van der Waals surface area contributed by atoms with E-state index < -0.39 is 10.0 Å². The topological polar surface area (TPSA) is 58.6 Å². The van der Waals surface area contributed by atoms with Crippen LogP contribution in [0.3, 0.4) is 0 Å². The Morgan fingerprint density at radius 1 is 1.17 bits per heavy atom. The number of nitrogens with zero attached hydrogens (tertiary/aromatic N) is 1. The standard InChI is InChI=1S/C17H24N2O3S/c1-22-14-4-2-3-12(11-14)17-16(9-10-19(17)13-5-6-13)18-23(20,21)15-7-8-15/h2-4,11,13,15-18H,5-10H2,1H3/t16-,17+/m0/s1. The van der Waals surface area contributed by atoms with Gasteiger partial charge in [-0.05, 0) is 49.8 Å². The van der Waals surface area contributed by atoms with Gasteiger partial charge in [0.05, 0.1) is 18.4 Å². The molecule has 1 aromatic carbocycles. The summed E-state index contributed by atoms with van der Waals surface area (Å²) >= 11 is 0. The third kappa shape index (κ3) is 3.12. The van der Waals surface area contributed by atoms with Gasteiger partial charge in [-0.2, -0.15) is 0 Å². The Hall–Kier alpha value is -1.11. The zero-order chi connectivity index (χ0) is 16.0. The Morgan fingerprint density at radius 2 is 1.96 bits per heavy atom. The number of nitrogens with one attached hydrogen (secondary N) is 1. The van der Waals surface area contributed by atoms with E-state index in [9.17, 15) is 8.42 Å². The van der Waals surface area contributed by atoms with Crippen LogP contribution < -0.4 is 9.46 Å². The van der Waals surface area contributed by atoms with E-state index in [1.807, 2.05) is 18.2 Å². The summed E-state index contributed by atoms with van der Waals surface area (Å²) in [5.41, 5.74) is 1.15. The average molecular weight is 336 g/mol. The van der Waals surface area contributed by atoms with Gasteiger partial charge in [0, 0.05) is 18.6 Å². The van der Waals surface area contributed by atoms with Crippen LogP contribution in [-0.2, 0) is 10.0 Å². The zero-order valence-corrected chi connectivity index (χ0v) is 14.3. The molecule has 1 aromatic rings. The first-order valence-electron chi connectivity index (χ1n) is 8.49. The molecule has 1 saturated heterocycles. The molecular weight excluding hydrogens is 312 g/mol. The van der Waals surface area contributed by atoms with E-state index in [-0.39, 0.29) is 17.3 Å². The molecule has 126 valence electrons. The van der Waals surface area contributed by atoms with E-state index in [0.717, 1.165) is 37.1 Å². The number of ether oxygens (including phenoxy) is 1. The van der Waals surface area contributed by atoms with Gasteiger partial charge in [0.25, 0.3) is 0 Å². The minimum atomic E-state index is -3.16. The maximum absolute atomic E-state index is 12.4. The van der Waals surface area contributed by atoms with E-state index in [4.69, 9.17) is 4.74 Å². The predicted octanol–water partition coefficient (Wildman–Crippen LogP) is 2.05. The number of rotatable bonds is 6. The van der Waals surface area contributed by atoms with Crippen molar-refractivity contribution in [2.45, 2.75) is 55.5 Å². The van der Waals surface area contributed by atoms with Crippen molar-refractivity contribution in [2.24, 2.45) is 0 Å². The average Bonchev–Trinajstić information content (AvgIpc) is 3.44. The van der Waals surface area contributed by atoms with E-state index in [1.165, 1.54) is 12.8 Å². The molecule has 3 aliphatic rings. The smallest absolute Gasteiger partial charge is 0.214 e. The maximum Gasteiger partial charge on any atom is 0.214 e. The van der Waals surface area contributed by atoms with Crippen molar-refractivity contribution in [3.8, 4) is 5.75 Å². The summed E-state index contributed by atoms with van der Waals surface area (Å²) in [6.45, 7) is 0.963. The lowest BCUT2D eigenvalue weighted by molar-refractivity contribution is 0.233. The van der Waals surface area contributed by atoms with Crippen molar-refractivity contribution in [1.82, 2.24) is 9.62 Å². The highest BCUT2D eigenvalue weighted by Crippen LogP contribution is 2.42. The van der Waals surface area contributed by atoms with Gasteiger partial charge in [-0.1, -0.05) is 12.1 Å². The van der Waals surface area contributed by atoms with Crippen molar-refractivity contribution in [1.29, 1.82) is 0 Å². The normalized spacial score (nSPS) is 28.9. The molecule has 0 bridgehead atoms. The Balaban J connectivity index is 1.62. The summed E-state index contributed by atoms with van der Waals surface area (Å²) < 4.78 is 33.1. The lowest BCUT2D eigenvalue weighted by Gasteiger charge is -2.29. The zero-order valence-electron chi connectivity index (χ0n) is 13.4. The molecule has 1 aliphatic heterocycles. The molecule has 0 aromatic heterocycles. The van der Waals surface area contributed by atoms with Crippen LogP contribution in [0.5, 0.6) is 5.75 Å². The number of methoxy groups -OCH3 is 1. The van der Waals surface area contributed by atoms with Crippen molar-refractivity contribution in [3.63, 3.8) is 0 Å². The molecule has 5 nitrogen and oxygen atoms in total. The second kappa shape index (κ2) is 5.76. The molecular formula is C17H24N2O3S. The summed E-state index contributed by atoms with van der Waals surface area (Å²) in [6, 6.07) is 8.75. The van der Waals surface area contributed by atoms with Crippen LogP contribution in [0.2, 0.25) is 0 Å².